The maximum Gasteiger partial charge on any atom is 0.416 e. The molecule has 2 aromatic carbocycles. The number of rotatable bonds is 9. The van der Waals surface area contributed by atoms with E-state index in [9.17, 15) is 18.0 Å². The van der Waals surface area contributed by atoms with Crippen LogP contribution in [-0.2, 0) is 17.4 Å². The Hall–Kier alpha value is -3.39. The minimum absolute atomic E-state index is 0.205. The number of benzene rings is 2. The summed E-state index contributed by atoms with van der Waals surface area (Å²) in [7, 11) is 3.09. The van der Waals surface area contributed by atoms with E-state index < -0.39 is 17.8 Å². The highest BCUT2D eigenvalue weighted by Crippen LogP contribution is 2.31. The van der Waals surface area contributed by atoms with E-state index in [1.807, 2.05) is 36.4 Å². The minimum Gasteiger partial charge on any atom is -0.481 e. The Morgan fingerprint density at radius 3 is 2.33 bits per heavy atom. The smallest absolute Gasteiger partial charge is 0.416 e. The zero-order valence-electron chi connectivity index (χ0n) is 18.4. The first-order chi connectivity index (χ1) is 15.8. The molecule has 0 bridgehead atoms. The number of methoxy groups -OCH3 is 1. The highest BCUT2D eigenvalue weighted by molar-refractivity contribution is 5.83. The average molecular weight is 457 g/mol. The Kier molecular flexibility index (Phi) is 8.06. The number of ether oxygens (including phenoxy) is 1. The van der Waals surface area contributed by atoms with Gasteiger partial charge in [0, 0.05) is 24.8 Å². The minimum atomic E-state index is -4.37. The van der Waals surface area contributed by atoms with E-state index in [4.69, 9.17) is 4.74 Å². The Bertz CT molecular complexity index is 1040. The number of nitrogens with one attached hydrogen (secondary N) is 2. The third-order valence-electron chi connectivity index (χ3n) is 5.38. The molecule has 2 N–H and O–H groups in total. The molecule has 8 heteroatoms. The summed E-state index contributed by atoms with van der Waals surface area (Å²) in [6.07, 6.45) is -1.76. The second-order valence-electron chi connectivity index (χ2n) is 7.51. The van der Waals surface area contributed by atoms with Crippen LogP contribution in [0, 0.1) is 0 Å². The van der Waals surface area contributed by atoms with Gasteiger partial charge in [-0.25, -0.2) is 4.98 Å². The number of nitrogens with zero attached hydrogens (tertiary/aromatic N) is 1. The molecule has 0 aliphatic rings. The standard InChI is InChI=1S/C25H26F3N3O2/c1-29-23(32)22(18-7-4-3-5-8-18)31-21(20-9-6-16-30-24(20)33-2)15-12-17-10-13-19(14-11-17)25(26,27)28/h3-11,13-14,16,21-22,31H,12,15H2,1-2H3,(H,29,32)/t21-,22?/m0/s1. The number of pyridine rings is 1. The van der Waals surface area contributed by atoms with Crippen molar-refractivity contribution in [3.8, 4) is 5.88 Å². The molecule has 2 atom stereocenters. The van der Waals surface area contributed by atoms with Gasteiger partial charge in [0.05, 0.1) is 12.7 Å². The van der Waals surface area contributed by atoms with Crippen LogP contribution in [0.1, 0.15) is 40.8 Å². The van der Waals surface area contributed by atoms with Crippen LogP contribution in [0.5, 0.6) is 5.88 Å². The first kappa shape index (κ1) is 24.3. The molecular formula is C25H26F3N3O2. The maximum absolute atomic E-state index is 12.9. The summed E-state index contributed by atoms with van der Waals surface area (Å²) in [5.41, 5.74) is 1.63. The van der Waals surface area contributed by atoms with E-state index in [0.29, 0.717) is 18.7 Å². The van der Waals surface area contributed by atoms with Crippen LogP contribution in [0.15, 0.2) is 72.9 Å². The molecule has 3 aromatic rings. The van der Waals surface area contributed by atoms with Gasteiger partial charge in [-0.2, -0.15) is 13.2 Å². The van der Waals surface area contributed by atoms with Gasteiger partial charge in [-0.1, -0.05) is 48.5 Å². The lowest BCUT2D eigenvalue weighted by atomic mass is 9.96. The molecule has 1 amide bonds. The van der Waals surface area contributed by atoms with Crippen molar-refractivity contribution in [2.45, 2.75) is 31.1 Å². The van der Waals surface area contributed by atoms with Gasteiger partial charge in [0.1, 0.15) is 6.04 Å². The first-order valence-electron chi connectivity index (χ1n) is 10.5. The molecule has 3 rings (SSSR count). The number of carbonyl (C=O) groups excluding carboxylic acids is 1. The number of amides is 1. The first-order valence-corrected chi connectivity index (χ1v) is 10.5. The fourth-order valence-electron chi connectivity index (χ4n) is 3.65. The summed E-state index contributed by atoms with van der Waals surface area (Å²) in [5.74, 6) is 0.217. The summed E-state index contributed by atoms with van der Waals surface area (Å²) >= 11 is 0. The van der Waals surface area contributed by atoms with Crippen molar-refractivity contribution >= 4 is 5.91 Å². The van der Waals surface area contributed by atoms with Crippen molar-refractivity contribution in [3.63, 3.8) is 0 Å². The van der Waals surface area contributed by atoms with Crippen LogP contribution < -0.4 is 15.4 Å². The normalized spacial score (nSPS) is 13.2. The third kappa shape index (κ3) is 6.32. The molecule has 1 unspecified atom stereocenters. The number of halogens is 3. The molecule has 0 radical (unpaired) electrons. The van der Waals surface area contributed by atoms with Crippen LogP contribution in [0.3, 0.4) is 0 Å². The van der Waals surface area contributed by atoms with Gasteiger partial charge >= 0.3 is 6.18 Å². The van der Waals surface area contributed by atoms with Crippen molar-refractivity contribution < 1.29 is 22.7 Å². The summed E-state index contributed by atoms with van der Waals surface area (Å²) in [6.45, 7) is 0. The second kappa shape index (κ2) is 11.0. The van der Waals surface area contributed by atoms with E-state index in [1.54, 1.807) is 19.3 Å². The Labute approximate surface area is 191 Å². The number of alkyl halides is 3. The number of aromatic nitrogens is 1. The maximum atomic E-state index is 12.9. The predicted molar refractivity (Wildman–Crippen MR) is 120 cm³/mol. The van der Waals surface area contributed by atoms with Gasteiger partial charge in [0.2, 0.25) is 11.8 Å². The average Bonchev–Trinajstić information content (AvgIpc) is 2.84. The topological polar surface area (TPSA) is 63.2 Å². The lowest BCUT2D eigenvalue weighted by Gasteiger charge is -2.26. The lowest BCUT2D eigenvalue weighted by Crippen LogP contribution is -2.38. The fourth-order valence-corrected chi connectivity index (χ4v) is 3.65. The molecule has 0 spiro atoms. The zero-order valence-corrected chi connectivity index (χ0v) is 18.4. The molecular weight excluding hydrogens is 431 g/mol. The summed E-state index contributed by atoms with van der Waals surface area (Å²) in [4.78, 5) is 17.0. The molecule has 0 saturated carbocycles. The van der Waals surface area contributed by atoms with Crippen molar-refractivity contribution in [1.82, 2.24) is 15.6 Å². The van der Waals surface area contributed by atoms with Gasteiger partial charge in [0.15, 0.2) is 0 Å². The van der Waals surface area contributed by atoms with Gasteiger partial charge in [0.25, 0.3) is 0 Å². The quantitative estimate of drug-likeness (QED) is 0.482. The van der Waals surface area contributed by atoms with E-state index in [-0.39, 0.29) is 11.9 Å². The highest BCUT2D eigenvalue weighted by Gasteiger charge is 2.30. The summed E-state index contributed by atoms with van der Waals surface area (Å²) in [6, 6.07) is 17.1. The van der Waals surface area contributed by atoms with Crippen molar-refractivity contribution in [1.29, 1.82) is 0 Å². The number of likely N-dealkylation sites (N-methyl/N-ethyl adjacent to an activating group) is 1. The largest absolute Gasteiger partial charge is 0.481 e. The molecule has 174 valence electrons. The molecule has 1 heterocycles. The number of hydrogen-bond donors (Lipinski definition) is 2. The third-order valence-corrected chi connectivity index (χ3v) is 5.38. The number of carbonyl (C=O) groups is 1. The van der Waals surface area contributed by atoms with Gasteiger partial charge in [-0.05, 0) is 42.2 Å². The lowest BCUT2D eigenvalue weighted by molar-refractivity contribution is -0.137. The SMILES string of the molecule is CNC(=O)C(N[C@@H](CCc1ccc(C(F)(F)F)cc1)c1cccnc1OC)c1ccccc1. The Morgan fingerprint density at radius 2 is 1.73 bits per heavy atom. The zero-order chi connectivity index (χ0) is 23.8. The molecule has 1 aromatic heterocycles. The molecule has 0 fully saturated rings. The summed E-state index contributed by atoms with van der Waals surface area (Å²) in [5, 5.41) is 6.09. The van der Waals surface area contributed by atoms with E-state index >= 15 is 0 Å². The van der Waals surface area contributed by atoms with Crippen LogP contribution in [0.4, 0.5) is 13.2 Å². The monoisotopic (exact) mass is 457 g/mol. The van der Waals surface area contributed by atoms with Crippen molar-refractivity contribution in [2.24, 2.45) is 0 Å². The van der Waals surface area contributed by atoms with Crippen LogP contribution in [0.25, 0.3) is 0 Å². The van der Waals surface area contributed by atoms with Crippen LogP contribution in [0.2, 0.25) is 0 Å². The molecule has 33 heavy (non-hydrogen) atoms. The van der Waals surface area contributed by atoms with Gasteiger partial charge in [-0.3, -0.25) is 10.1 Å². The fraction of sp³-hybridized carbons (Fsp3) is 0.280. The van der Waals surface area contributed by atoms with E-state index in [1.165, 1.54) is 19.2 Å². The van der Waals surface area contributed by atoms with Gasteiger partial charge in [-0.15, -0.1) is 0 Å². The van der Waals surface area contributed by atoms with Crippen molar-refractivity contribution in [2.75, 3.05) is 14.2 Å². The van der Waals surface area contributed by atoms with Gasteiger partial charge < -0.3 is 10.1 Å². The van der Waals surface area contributed by atoms with Crippen LogP contribution >= 0.6 is 0 Å². The molecule has 5 nitrogen and oxygen atoms in total. The summed E-state index contributed by atoms with van der Waals surface area (Å²) < 4.78 is 44.1. The Balaban J connectivity index is 1.88. The predicted octanol–water partition coefficient (Wildman–Crippen LogP) is 4.86. The molecule has 0 aliphatic heterocycles. The number of hydrogen-bond acceptors (Lipinski definition) is 4. The molecule has 0 aliphatic carbocycles. The van der Waals surface area contributed by atoms with E-state index in [2.05, 4.69) is 15.6 Å². The second-order valence-corrected chi connectivity index (χ2v) is 7.51. The van der Waals surface area contributed by atoms with Crippen molar-refractivity contribution in [3.05, 3.63) is 95.2 Å². The Morgan fingerprint density at radius 1 is 1.03 bits per heavy atom. The highest BCUT2D eigenvalue weighted by atomic mass is 19.4. The van der Waals surface area contributed by atoms with Crippen LogP contribution in [-0.4, -0.2) is 25.0 Å². The molecule has 0 saturated heterocycles. The number of aryl methyl sites for hydroxylation is 1. The van der Waals surface area contributed by atoms with E-state index in [0.717, 1.165) is 28.8 Å².